The van der Waals surface area contributed by atoms with Crippen LogP contribution in [0, 0.1) is 0 Å². The third-order valence-electron chi connectivity index (χ3n) is 2.75. The Bertz CT molecular complexity index is 433. The van der Waals surface area contributed by atoms with Gasteiger partial charge in [-0.2, -0.15) is 0 Å². The number of nitrogens with zero attached hydrogens (tertiary/aromatic N) is 1. The summed E-state index contributed by atoms with van der Waals surface area (Å²) in [4.78, 5) is 0. The van der Waals surface area contributed by atoms with Crippen molar-refractivity contribution in [3.63, 3.8) is 0 Å². The number of rotatable bonds is 3. The van der Waals surface area contributed by atoms with E-state index in [1.165, 1.54) is 0 Å². The Morgan fingerprint density at radius 2 is 2.18 bits per heavy atom. The lowest BCUT2D eigenvalue weighted by atomic mass is 9.90. The molecule has 17 heavy (non-hydrogen) atoms. The predicted octanol–water partition coefficient (Wildman–Crippen LogP) is 2.85. The van der Waals surface area contributed by atoms with Crippen LogP contribution in [0.4, 0.5) is 8.78 Å². The summed E-state index contributed by atoms with van der Waals surface area (Å²) >= 11 is 0. The lowest BCUT2D eigenvalue weighted by Gasteiger charge is -2.17. The normalized spacial score (nSPS) is 17.2. The minimum absolute atomic E-state index is 0.382. The van der Waals surface area contributed by atoms with E-state index in [0.29, 0.717) is 17.9 Å². The number of fused-ring (bicyclic) bond motifs is 1. The topological polar surface area (TPSA) is 41.8 Å². The molecule has 1 N–H and O–H groups in total. The summed E-state index contributed by atoms with van der Waals surface area (Å²) in [6.07, 6.45) is 0.0477. The first-order valence-corrected chi connectivity index (χ1v) is 5.46. The van der Waals surface area contributed by atoms with Gasteiger partial charge in [0.15, 0.2) is 0 Å². The van der Waals surface area contributed by atoms with Gasteiger partial charge in [0.2, 0.25) is 0 Å². The summed E-state index contributed by atoms with van der Waals surface area (Å²) in [5.41, 5.74) is 2.45. The maximum atomic E-state index is 12.0. The Kier molecular flexibility index (Phi) is 3.56. The smallest absolute Gasteiger partial charge is 0.272 e. The molecule has 0 aliphatic heterocycles. The van der Waals surface area contributed by atoms with Crippen molar-refractivity contribution in [1.82, 2.24) is 0 Å². The van der Waals surface area contributed by atoms with Crippen molar-refractivity contribution in [2.45, 2.75) is 25.7 Å². The van der Waals surface area contributed by atoms with Crippen LogP contribution in [0.1, 0.15) is 24.0 Å². The number of aryl methyl sites for hydroxylation is 1. The maximum absolute atomic E-state index is 12.0. The summed E-state index contributed by atoms with van der Waals surface area (Å²) < 4.78 is 29.0. The predicted molar refractivity (Wildman–Crippen MR) is 59.2 cm³/mol. The lowest BCUT2D eigenvalue weighted by Crippen LogP contribution is -2.13. The number of ether oxygens (including phenoxy) is 1. The molecule has 0 amide bonds. The second-order valence-electron chi connectivity index (χ2n) is 3.92. The number of oxime groups is 1. The molecule has 0 radical (unpaired) electrons. The summed E-state index contributed by atoms with van der Waals surface area (Å²) in [5.74, 6) is 0.382. The van der Waals surface area contributed by atoms with Crippen LogP contribution in [0.5, 0.6) is 5.75 Å². The van der Waals surface area contributed by atoms with Crippen LogP contribution < -0.4 is 4.74 Å². The largest absolute Gasteiger partial charge is 0.488 e. The quantitative estimate of drug-likeness (QED) is 0.653. The lowest BCUT2D eigenvalue weighted by molar-refractivity contribution is 0.0819. The van der Waals surface area contributed by atoms with Gasteiger partial charge in [-0.3, -0.25) is 0 Å². The van der Waals surface area contributed by atoms with Gasteiger partial charge in [-0.25, -0.2) is 8.78 Å². The zero-order valence-electron chi connectivity index (χ0n) is 9.20. The van der Waals surface area contributed by atoms with Gasteiger partial charge in [-0.05, 0) is 37.0 Å². The van der Waals surface area contributed by atoms with Crippen molar-refractivity contribution in [3.8, 4) is 5.75 Å². The SMILES string of the molecule is O/N=C1/CCCc2ccc(OCC(F)F)cc21. The van der Waals surface area contributed by atoms with Gasteiger partial charge in [-0.1, -0.05) is 11.2 Å². The molecule has 0 saturated carbocycles. The Hall–Kier alpha value is -1.65. The zero-order chi connectivity index (χ0) is 12.3. The Morgan fingerprint density at radius 1 is 1.35 bits per heavy atom. The van der Waals surface area contributed by atoms with E-state index in [1.54, 1.807) is 12.1 Å². The molecule has 1 aliphatic rings. The van der Waals surface area contributed by atoms with Crippen molar-refractivity contribution < 1.29 is 18.7 Å². The fraction of sp³-hybridized carbons (Fsp3) is 0.417. The van der Waals surface area contributed by atoms with E-state index in [-0.39, 0.29) is 0 Å². The molecule has 0 unspecified atom stereocenters. The fourth-order valence-electron chi connectivity index (χ4n) is 1.98. The summed E-state index contributed by atoms with van der Waals surface area (Å²) in [6.45, 7) is -0.621. The van der Waals surface area contributed by atoms with E-state index < -0.39 is 13.0 Å². The average Bonchev–Trinajstić information content (AvgIpc) is 2.35. The molecule has 3 nitrogen and oxygen atoms in total. The Labute approximate surface area is 97.7 Å². The van der Waals surface area contributed by atoms with Crippen LogP contribution in [0.2, 0.25) is 0 Å². The molecule has 0 heterocycles. The van der Waals surface area contributed by atoms with Crippen LogP contribution >= 0.6 is 0 Å². The van der Waals surface area contributed by atoms with Crippen LogP contribution in [0.3, 0.4) is 0 Å². The van der Waals surface area contributed by atoms with E-state index >= 15 is 0 Å². The molecule has 0 bridgehead atoms. The summed E-state index contributed by atoms with van der Waals surface area (Å²) in [5, 5.41) is 12.1. The fourth-order valence-corrected chi connectivity index (χ4v) is 1.98. The van der Waals surface area contributed by atoms with Gasteiger partial charge in [0.05, 0.1) is 5.71 Å². The van der Waals surface area contributed by atoms with Crippen molar-refractivity contribution >= 4 is 5.71 Å². The van der Waals surface area contributed by atoms with E-state index in [0.717, 1.165) is 24.0 Å². The molecule has 92 valence electrons. The average molecular weight is 241 g/mol. The van der Waals surface area contributed by atoms with Gasteiger partial charge < -0.3 is 9.94 Å². The number of hydrogen-bond donors (Lipinski definition) is 1. The molecule has 1 aromatic carbocycles. The Balaban J connectivity index is 2.22. The molecular formula is C12H13F2NO2. The molecule has 0 fully saturated rings. The number of alkyl halides is 2. The summed E-state index contributed by atoms with van der Waals surface area (Å²) in [7, 11) is 0. The van der Waals surface area contributed by atoms with E-state index in [9.17, 15) is 8.78 Å². The van der Waals surface area contributed by atoms with Crippen molar-refractivity contribution in [2.24, 2.45) is 5.16 Å². The van der Waals surface area contributed by atoms with Gasteiger partial charge in [0, 0.05) is 5.56 Å². The third-order valence-corrected chi connectivity index (χ3v) is 2.75. The molecule has 0 aromatic heterocycles. The molecule has 1 aromatic rings. The van der Waals surface area contributed by atoms with Crippen LogP contribution in [0.15, 0.2) is 23.4 Å². The third kappa shape index (κ3) is 2.72. The molecule has 5 heteroatoms. The highest BCUT2D eigenvalue weighted by Gasteiger charge is 2.17. The molecular weight excluding hydrogens is 228 g/mol. The van der Waals surface area contributed by atoms with E-state index in [2.05, 4.69) is 5.16 Å². The first-order valence-electron chi connectivity index (χ1n) is 5.46. The van der Waals surface area contributed by atoms with Gasteiger partial charge >= 0.3 is 0 Å². The van der Waals surface area contributed by atoms with Gasteiger partial charge in [0.1, 0.15) is 12.4 Å². The highest BCUT2D eigenvalue weighted by atomic mass is 19.3. The molecule has 1 aliphatic carbocycles. The van der Waals surface area contributed by atoms with Crippen molar-refractivity contribution in [3.05, 3.63) is 29.3 Å². The highest BCUT2D eigenvalue weighted by molar-refractivity contribution is 6.02. The monoisotopic (exact) mass is 241 g/mol. The van der Waals surface area contributed by atoms with E-state index in [1.807, 2.05) is 6.07 Å². The van der Waals surface area contributed by atoms with Crippen LogP contribution in [-0.2, 0) is 6.42 Å². The first kappa shape index (κ1) is 11.8. The first-order chi connectivity index (χ1) is 8.20. The van der Waals surface area contributed by atoms with Crippen molar-refractivity contribution in [2.75, 3.05) is 6.61 Å². The second kappa shape index (κ2) is 5.12. The highest BCUT2D eigenvalue weighted by Crippen LogP contribution is 2.26. The van der Waals surface area contributed by atoms with Crippen molar-refractivity contribution in [1.29, 1.82) is 0 Å². The van der Waals surface area contributed by atoms with Crippen LogP contribution in [-0.4, -0.2) is 24.0 Å². The standard InChI is InChI=1S/C12H13F2NO2/c13-12(14)7-17-9-5-4-8-2-1-3-11(15-16)10(8)6-9/h4-6,12,16H,1-3,7H2/b15-11-. The number of benzene rings is 1. The minimum Gasteiger partial charge on any atom is -0.488 e. The number of hydrogen-bond acceptors (Lipinski definition) is 3. The Morgan fingerprint density at radius 3 is 2.88 bits per heavy atom. The van der Waals surface area contributed by atoms with Gasteiger partial charge in [0.25, 0.3) is 6.43 Å². The minimum atomic E-state index is -2.49. The van der Waals surface area contributed by atoms with Crippen LogP contribution in [0.25, 0.3) is 0 Å². The molecule has 0 spiro atoms. The zero-order valence-corrected chi connectivity index (χ0v) is 9.20. The molecule has 0 atom stereocenters. The summed E-state index contributed by atoms with van der Waals surface area (Å²) in [6, 6.07) is 5.16. The molecule has 2 rings (SSSR count). The second-order valence-corrected chi connectivity index (χ2v) is 3.92. The maximum Gasteiger partial charge on any atom is 0.272 e. The van der Waals surface area contributed by atoms with Gasteiger partial charge in [-0.15, -0.1) is 0 Å². The molecule has 0 saturated heterocycles. The number of halogens is 2. The van der Waals surface area contributed by atoms with E-state index in [4.69, 9.17) is 9.94 Å².